The van der Waals surface area contributed by atoms with E-state index in [2.05, 4.69) is 4.98 Å². The molecule has 0 aromatic carbocycles. The Hall–Kier alpha value is -1.36. The number of hydrogen-bond acceptors (Lipinski definition) is 3. The first kappa shape index (κ1) is 7.74. The molecule has 0 radical (unpaired) electrons. The fourth-order valence-corrected chi connectivity index (χ4v) is 0.872. The predicted octanol–water partition coefficient (Wildman–Crippen LogP) is -0.874. The number of nitrogens with one attached hydrogen (secondary N) is 1. The second-order valence-corrected chi connectivity index (χ2v) is 2.18. The summed E-state index contributed by atoms with van der Waals surface area (Å²) in [6.07, 6.45) is 3.86. The standard InChI is InChI=1S/C6H11N5/c7-2-1-5-3-10-4-11(5)6(8)9/h3-4H,1-2,7H2,(H3,8,9). The molecule has 0 amide bonds. The van der Waals surface area contributed by atoms with Gasteiger partial charge in [-0.15, -0.1) is 0 Å². The van der Waals surface area contributed by atoms with E-state index in [0.717, 1.165) is 5.69 Å². The molecule has 0 saturated heterocycles. The molecule has 60 valence electrons. The summed E-state index contributed by atoms with van der Waals surface area (Å²) in [6, 6.07) is 0. The smallest absolute Gasteiger partial charge is 0.198 e. The minimum absolute atomic E-state index is 0.0223. The van der Waals surface area contributed by atoms with Crippen LogP contribution < -0.4 is 11.5 Å². The Labute approximate surface area is 64.5 Å². The van der Waals surface area contributed by atoms with Gasteiger partial charge in [-0.1, -0.05) is 0 Å². The van der Waals surface area contributed by atoms with Crippen LogP contribution in [0.25, 0.3) is 0 Å². The van der Waals surface area contributed by atoms with Gasteiger partial charge in [0.15, 0.2) is 5.96 Å². The van der Waals surface area contributed by atoms with E-state index in [1.165, 1.54) is 10.9 Å². The second kappa shape index (κ2) is 3.16. The summed E-state index contributed by atoms with van der Waals surface area (Å²) in [7, 11) is 0. The van der Waals surface area contributed by atoms with Crippen LogP contribution in [-0.2, 0) is 6.42 Å². The number of aromatic nitrogens is 2. The van der Waals surface area contributed by atoms with Crippen LogP contribution in [0.5, 0.6) is 0 Å². The molecular weight excluding hydrogens is 142 g/mol. The van der Waals surface area contributed by atoms with Crippen molar-refractivity contribution in [3.8, 4) is 0 Å². The van der Waals surface area contributed by atoms with Gasteiger partial charge in [0.05, 0.1) is 0 Å². The summed E-state index contributed by atoms with van der Waals surface area (Å²) in [5.74, 6) is -0.0223. The summed E-state index contributed by atoms with van der Waals surface area (Å²) >= 11 is 0. The summed E-state index contributed by atoms with van der Waals surface area (Å²) < 4.78 is 1.51. The highest BCUT2D eigenvalue weighted by molar-refractivity contribution is 5.77. The lowest BCUT2D eigenvalue weighted by atomic mass is 10.3. The molecule has 0 aliphatic rings. The Kier molecular flexibility index (Phi) is 2.22. The Morgan fingerprint density at radius 2 is 2.45 bits per heavy atom. The monoisotopic (exact) mass is 153 g/mol. The molecule has 5 heteroatoms. The summed E-state index contributed by atoms with van der Waals surface area (Å²) in [6.45, 7) is 0.541. The minimum atomic E-state index is -0.0223. The Bertz CT molecular complexity index is 251. The third kappa shape index (κ3) is 1.56. The van der Waals surface area contributed by atoms with Crippen molar-refractivity contribution in [2.45, 2.75) is 6.42 Å². The van der Waals surface area contributed by atoms with Crippen molar-refractivity contribution in [2.24, 2.45) is 11.5 Å². The van der Waals surface area contributed by atoms with Crippen LogP contribution in [0.1, 0.15) is 5.69 Å². The fourth-order valence-electron chi connectivity index (χ4n) is 0.872. The number of nitrogens with two attached hydrogens (primary N) is 2. The van der Waals surface area contributed by atoms with E-state index in [1.807, 2.05) is 0 Å². The first-order chi connectivity index (χ1) is 5.25. The largest absolute Gasteiger partial charge is 0.369 e. The molecule has 0 unspecified atom stereocenters. The molecule has 1 aromatic rings. The SMILES string of the molecule is N=C(N)n1cncc1CCN. The molecule has 0 aliphatic carbocycles. The van der Waals surface area contributed by atoms with Crippen molar-refractivity contribution in [1.82, 2.24) is 9.55 Å². The first-order valence-corrected chi connectivity index (χ1v) is 3.31. The number of hydrogen-bond donors (Lipinski definition) is 3. The van der Waals surface area contributed by atoms with Crippen LogP contribution in [0.15, 0.2) is 12.5 Å². The quantitative estimate of drug-likeness (QED) is 0.380. The molecular formula is C6H11N5. The lowest BCUT2D eigenvalue weighted by Crippen LogP contribution is -2.22. The third-order valence-corrected chi connectivity index (χ3v) is 1.38. The third-order valence-electron chi connectivity index (χ3n) is 1.38. The minimum Gasteiger partial charge on any atom is -0.369 e. The van der Waals surface area contributed by atoms with E-state index >= 15 is 0 Å². The molecule has 0 aliphatic heterocycles. The second-order valence-electron chi connectivity index (χ2n) is 2.18. The molecule has 1 aromatic heterocycles. The maximum atomic E-state index is 7.13. The normalized spacial score (nSPS) is 9.91. The molecule has 1 heterocycles. The van der Waals surface area contributed by atoms with Crippen LogP contribution >= 0.6 is 0 Å². The molecule has 5 nitrogen and oxygen atoms in total. The van der Waals surface area contributed by atoms with E-state index < -0.39 is 0 Å². The van der Waals surface area contributed by atoms with E-state index in [-0.39, 0.29) is 5.96 Å². The van der Waals surface area contributed by atoms with Gasteiger partial charge in [-0.3, -0.25) is 9.98 Å². The van der Waals surface area contributed by atoms with Gasteiger partial charge < -0.3 is 11.5 Å². The maximum Gasteiger partial charge on any atom is 0.198 e. The van der Waals surface area contributed by atoms with Crippen LogP contribution in [0.4, 0.5) is 0 Å². The average molecular weight is 153 g/mol. The highest BCUT2D eigenvalue weighted by atomic mass is 15.1. The zero-order chi connectivity index (χ0) is 8.27. The zero-order valence-electron chi connectivity index (χ0n) is 6.12. The van der Waals surface area contributed by atoms with E-state index in [9.17, 15) is 0 Å². The van der Waals surface area contributed by atoms with Gasteiger partial charge in [0.1, 0.15) is 6.33 Å². The van der Waals surface area contributed by atoms with Crippen molar-refractivity contribution in [3.63, 3.8) is 0 Å². The van der Waals surface area contributed by atoms with Crippen molar-refractivity contribution >= 4 is 5.96 Å². The van der Waals surface area contributed by atoms with Gasteiger partial charge in [-0.25, -0.2) is 4.98 Å². The molecule has 11 heavy (non-hydrogen) atoms. The van der Waals surface area contributed by atoms with Gasteiger partial charge in [-0.2, -0.15) is 0 Å². The highest BCUT2D eigenvalue weighted by Gasteiger charge is 2.01. The number of rotatable bonds is 2. The van der Waals surface area contributed by atoms with Crippen molar-refractivity contribution < 1.29 is 0 Å². The topological polar surface area (TPSA) is 93.7 Å². The summed E-state index contributed by atoms with van der Waals surface area (Å²) in [5, 5.41) is 7.13. The van der Waals surface area contributed by atoms with Crippen LogP contribution in [0.2, 0.25) is 0 Å². The molecule has 1 rings (SSSR count). The molecule has 5 N–H and O–H groups in total. The lowest BCUT2D eigenvalue weighted by molar-refractivity contribution is 0.888. The maximum absolute atomic E-state index is 7.13. The van der Waals surface area contributed by atoms with E-state index in [4.69, 9.17) is 16.9 Å². The van der Waals surface area contributed by atoms with Gasteiger partial charge in [0.2, 0.25) is 0 Å². The van der Waals surface area contributed by atoms with Gasteiger partial charge in [0, 0.05) is 18.3 Å². The first-order valence-electron chi connectivity index (χ1n) is 3.31. The molecule has 0 fully saturated rings. The number of imidazole rings is 1. The van der Waals surface area contributed by atoms with Crippen LogP contribution in [0, 0.1) is 5.41 Å². The van der Waals surface area contributed by atoms with E-state index in [1.54, 1.807) is 6.20 Å². The number of nitrogen functional groups attached to an aromatic ring is 1. The Balaban J connectivity index is 2.87. The lowest BCUT2D eigenvalue weighted by Gasteiger charge is -2.02. The van der Waals surface area contributed by atoms with Crippen LogP contribution in [-0.4, -0.2) is 22.1 Å². The molecule has 0 saturated carbocycles. The summed E-state index contributed by atoms with van der Waals surface area (Å²) in [5.41, 5.74) is 11.5. The van der Waals surface area contributed by atoms with Crippen molar-refractivity contribution in [3.05, 3.63) is 18.2 Å². The molecule has 0 bridgehead atoms. The molecule has 0 atom stereocenters. The Morgan fingerprint density at radius 3 is 3.00 bits per heavy atom. The highest BCUT2D eigenvalue weighted by Crippen LogP contribution is 1.96. The van der Waals surface area contributed by atoms with E-state index in [0.29, 0.717) is 13.0 Å². The summed E-state index contributed by atoms with van der Waals surface area (Å²) in [4.78, 5) is 3.85. The van der Waals surface area contributed by atoms with Crippen molar-refractivity contribution in [1.29, 1.82) is 5.41 Å². The number of nitrogens with zero attached hydrogens (tertiary/aromatic N) is 2. The van der Waals surface area contributed by atoms with Gasteiger partial charge in [0.25, 0.3) is 0 Å². The van der Waals surface area contributed by atoms with Crippen molar-refractivity contribution in [2.75, 3.05) is 6.54 Å². The zero-order valence-corrected chi connectivity index (χ0v) is 6.12. The van der Waals surface area contributed by atoms with Crippen LogP contribution in [0.3, 0.4) is 0 Å². The predicted molar refractivity (Wildman–Crippen MR) is 42.3 cm³/mol. The van der Waals surface area contributed by atoms with Gasteiger partial charge in [-0.05, 0) is 6.54 Å². The molecule has 0 spiro atoms. The fraction of sp³-hybridized carbons (Fsp3) is 0.333. The van der Waals surface area contributed by atoms with Gasteiger partial charge >= 0.3 is 0 Å². The average Bonchev–Trinajstić information content (AvgIpc) is 2.36. The Morgan fingerprint density at radius 1 is 1.73 bits per heavy atom.